The van der Waals surface area contributed by atoms with Crippen LogP contribution >= 0.6 is 0 Å². The first-order valence-electron chi connectivity index (χ1n) is 13.7. The predicted molar refractivity (Wildman–Crippen MR) is 147 cm³/mol. The largest absolute Gasteiger partial charge is 0.444 e. The van der Waals surface area contributed by atoms with E-state index < -0.39 is 28.1 Å². The minimum Gasteiger partial charge on any atom is -0.444 e. The third kappa shape index (κ3) is 7.65. The molecule has 218 valence electrons. The monoisotopic (exact) mass is 578 g/mol. The Hall–Kier alpha value is -2.88. The second-order valence-corrected chi connectivity index (χ2v) is 13.1. The molecule has 6 nitrogen and oxygen atoms in total. The minimum atomic E-state index is -4.42. The number of hydrogen-bond donors (Lipinski definition) is 0. The molecule has 0 radical (unpaired) electrons. The molecule has 10 heteroatoms. The van der Waals surface area contributed by atoms with Crippen LogP contribution < -0.4 is 0 Å². The number of carbonyl (C=O) groups excluding carboxylic acids is 2. The van der Waals surface area contributed by atoms with E-state index in [1.54, 1.807) is 4.90 Å². The van der Waals surface area contributed by atoms with Gasteiger partial charge in [0.25, 0.3) is 0 Å². The van der Waals surface area contributed by atoms with Crippen LogP contribution in [-0.4, -0.2) is 57.0 Å². The van der Waals surface area contributed by atoms with E-state index >= 15 is 0 Å². The van der Waals surface area contributed by atoms with Gasteiger partial charge in [0, 0.05) is 36.2 Å². The maximum absolute atomic E-state index is 13.7. The summed E-state index contributed by atoms with van der Waals surface area (Å²) in [5, 5.41) is 0. The number of benzene rings is 2. The van der Waals surface area contributed by atoms with Crippen molar-refractivity contribution in [1.82, 2.24) is 9.80 Å². The molecule has 2 atom stereocenters. The molecule has 2 aromatic rings. The summed E-state index contributed by atoms with van der Waals surface area (Å²) >= 11 is 0. The number of alkyl halides is 3. The van der Waals surface area contributed by atoms with Gasteiger partial charge in [0.2, 0.25) is 5.91 Å². The Kier molecular flexibility index (Phi) is 9.27. The highest BCUT2D eigenvalue weighted by Gasteiger charge is 2.39. The molecule has 1 saturated heterocycles. The summed E-state index contributed by atoms with van der Waals surface area (Å²) in [6, 6.07) is 13.9. The highest BCUT2D eigenvalue weighted by atomic mass is 32.2. The average molecular weight is 579 g/mol. The Labute approximate surface area is 236 Å². The first-order valence-corrected chi connectivity index (χ1v) is 15.0. The molecule has 4 rings (SSSR count). The fraction of sp³-hybridized carbons (Fsp3) is 0.533. The van der Waals surface area contributed by atoms with Crippen molar-refractivity contribution < 1.29 is 31.7 Å². The van der Waals surface area contributed by atoms with Gasteiger partial charge in [0.15, 0.2) is 0 Å². The highest BCUT2D eigenvalue weighted by Crippen LogP contribution is 2.35. The van der Waals surface area contributed by atoms with E-state index in [1.165, 1.54) is 12.1 Å². The van der Waals surface area contributed by atoms with Crippen molar-refractivity contribution in [2.75, 3.05) is 25.4 Å². The van der Waals surface area contributed by atoms with E-state index in [9.17, 15) is 27.0 Å². The lowest BCUT2D eigenvalue weighted by molar-refractivity contribution is -0.142. The van der Waals surface area contributed by atoms with Crippen molar-refractivity contribution in [1.29, 1.82) is 0 Å². The summed E-state index contributed by atoms with van der Waals surface area (Å²) in [6.07, 6.45) is -2.01. The van der Waals surface area contributed by atoms with Crippen LogP contribution in [0.1, 0.15) is 63.6 Å². The molecule has 0 aromatic heterocycles. The smallest absolute Gasteiger partial charge is 0.416 e. The van der Waals surface area contributed by atoms with Gasteiger partial charge in [-0.15, -0.1) is 0 Å². The molecule has 2 unspecified atom stereocenters. The molecule has 1 saturated carbocycles. The first kappa shape index (κ1) is 30.1. The van der Waals surface area contributed by atoms with Crippen molar-refractivity contribution in [3.63, 3.8) is 0 Å². The number of ether oxygens (including phenoxy) is 1. The standard InChI is InChI=1S/C30H37F3N2O4S/c1-29(2,3)39-28(37)34-17-18-35(26(19-34)22-7-5-4-6-8-22)27(36)23-11-9-21(10-12-23)20-40(38)25-15-13-24(14-16-25)30(31,32)33/h4-8,13-16,21,23,26H,9-12,17-20H2,1-3H3. The predicted octanol–water partition coefficient (Wildman–Crippen LogP) is 6.44. The van der Waals surface area contributed by atoms with Gasteiger partial charge in [0.05, 0.1) is 22.4 Å². The lowest BCUT2D eigenvalue weighted by Gasteiger charge is -2.43. The van der Waals surface area contributed by atoms with Crippen LogP contribution in [-0.2, 0) is 26.5 Å². The van der Waals surface area contributed by atoms with Gasteiger partial charge in [-0.25, -0.2) is 4.79 Å². The minimum absolute atomic E-state index is 0.0694. The van der Waals surface area contributed by atoms with E-state index in [2.05, 4.69) is 0 Å². The van der Waals surface area contributed by atoms with Gasteiger partial charge in [-0.2, -0.15) is 13.2 Å². The Morgan fingerprint density at radius 2 is 1.55 bits per heavy atom. The van der Waals surface area contributed by atoms with Gasteiger partial charge in [-0.05, 0) is 82.2 Å². The van der Waals surface area contributed by atoms with Crippen LogP contribution in [0.3, 0.4) is 0 Å². The summed E-state index contributed by atoms with van der Waals surface area (Å²) in [5.41, 5.74) is -0.404. The average Bonchev–Trinajstić information content (AvgIpc) is 2.92. The Bertz CT molecular complexity index is 1190. The molecule has 0 bridgehead atoms. The van der Waals surface area contributed by atoms with Crippen molar-refractivity contribution in [3.05, 3.63) is 65.7 Å². The number of rotatable bonds is 5. The third-order valence-electron chi connectivity index (χ3n) is 7.53. The van der Waals surface area contributed by atoms with Crippen LogP contribution in [0.25, 0.3) is 0 Å². The van der Waals surface area contributed by atoms with Crippen molar-refractivity contribution in [2.24, 2.45) is 11.8 Å². The highest BCUT2D eigenvalue weighted by molar-refractivity contribution is 7.85. The zero-order valence-corrected chi connectivity index (χ0v) is 24.0. The molecule has 1 aliphatic heterocycles. The zero-order valence-electron chi connectivity index (χ0n) is 23.2. The molecule has 2 aliphatic rings. The van der Waals surface area contributed by atoms with E-state index in [4.69, 9.17) is 4.74 Å². The van der Waals surface area contributed by atoms with Crippen LogP contribution in [0.5, 0.6) is 0 Å². The number of hydrogen-bond acceptors (Lipinski definition) is 4. The summed E-state index contributed by atoms with van der Waals surface area (Å²) in [4.78, 5) is 30.5. The van der Waals surface area contributed by atoms with Crippen LogP contribution in [0, 0.1) is 11.8 Å². The molecule has 0 spiro atoms. The van der Waals surface area contributed by atoms with E-state index in [0.29, 0.717) is 43.1 Å². The maximum atomic E-state index is 13.7. The van der Waals surface area contributed by atoms with Crippen LogP contribution in [0.2, 0.25) is 0 Å². The summed E-state index contributed by atoms with van der Waals surface area (Å²) in [6.45, 7) is 6.64. The SMILES string of the molecule is CC(C)(C)OC(=O)N1CCN(C(=O)C2CCC(CS(=O)c3ccc(C(F)(F)F)cc3)CC2)C(c2ccccc2)C1. The van der Waals surface area contributed by atoms with Gasteiger partial charge < -0.3 is 14.5 Å². The molecule has 2 fully saturated rings. The lowest BCUT2D eigenvalue weighted by atomic mass is 9.81. The van der Waals surface area contributed by atoms with Crippen molar-refractivity contribution in [2.45, 2.75) is 69.2 Å². The molecular formula is C30H37F3N2O4S. The summed E-state index contributed by atoms with van der Waals surface area (Å²) in [7, 11) is -1.40. The van der Waals surface area contributed by atoms with Crippen molar-refractivity contribution in [3.8, 4) is 0 Å². The maximum Gasteiger partial charge on any atom is 0.416 e. The lowest BCUT2D eigenvalue weighted by Crippen LogP contribution is -2.54. The number of nitrogens with zero attached hydrogens (tertiary/aromatic N) is 2. The zero-order chi connectivity index (χ0) is 29.1. The molecular weight excluding hydrogens is 541 g/mol. The molecule has 1 heterocycles. The number of halogens is 3. The first-order chi connectivity index (χ1) is 18.8. The van der Waals surface area contributed by atoms with Gasteiger partial charge in [-0.1, -0.05) is 30.3 Å². The van der Waals surface area contributed by atoms with Gasteiger partial charge >= 0.3 is 12.3 Å². The Morgan fingerprint density at radius 3 is 2.12 bits per heavy atom. The normalized spacial score (nSPS) is 23.0. The molecule has 2 aromatic carbocycles. The third-order valence-corrected chi connectivity index (χ3v) is 9.10. The van der Waals surface area contributed by atoms with Crippen molar-refractivity contribution >= 4 is 22.8 Å². The molecule has 0 N–H and O–H groups in total. The van der Waals surface area contributed by atoms with Crippen LogP contribution in [0.4, 0.5) is 18.0 Å². The summed E-state index contributed by atoms with van der Waals surface area (Å²) < 4.78 is 56.9. The number of carbonyl (C=O) groups is 2. The van der Waals surface area contributed by atoms with Crippen LogP contribution in [0.15, 0.2) is 59.5 Å². The van der Waals surface area contributed by atoms with Gasteiger partial charge in [0.1, 0.15) is 5.60 Å². The number of piperazine rings is 1. The summed E-state index contributed by atoms with van der Waals surface area (Å²) in [5.74, 6) is 0.421. The molecule has 1 aliphatic carbocycles. The Morgan fingerprint density at radius 1 is 0.925 bits per heavy atom. The molecule has 2 amide bonds. The second kappa shape index (κ2) is 12.3. The quantitative estimate of drug-likeness (QED) is 0.410. The number of amides is 2. The fourth-order valence-electron chi connectivity index (χ4n) is 5.42. The fourth-order valence-corrected chi connectivity index (χ4v) is 6.81. The van der Waals surface area contributed by atoms with E-state index in [1.807, 2.05) is 56.0 Å². The second-order valence-electron chi connectivity index (χ2n) is 11.6. The van der Waals surface area contributed by atoms with E-state index in [-0.39, 0.29) is 29.9 Å². The topological polar surface area (TPSA) is 66.9 Å². The van der Waals surface area contributed by atoms with Gasteiger partial charge in [-0.3, -0.25) is 9.00 Å². The Balaban J connectivity index is 1.36. The van der Waals surface area contributed by atoms with E-state index in [0.717, 1.165) is 30.5 Å². The molecule has 40 heavy (non-hydrogen) atoms.